The van der Waals surface area contributed by atoms with E-state index in [0.29, 0.717) is 6.42 Å². The number of hydrogen-bond donors (Lipinski definition) is 1. The molecule has 6 nitrogen and oxygen atoms in total. The van der Waals surface area contributed by atoms with E-state index in [2.05, 4.69) is 6.92 Å². The van der Waals surface area contributed by atoms with Gasteiger partial charge < -0.3 is 19.3 Å². The van der Waals surface area contributed by atoms with Crippen LogP contribution in [0.4, 0.5) is 4.39 Å². The van der Waals surface area contributed by atoms with E-state index in [-0.39, 0.29) is 36.4 Å². The Morgan fingerprint density at radius 2 is 1.94 bits per heavy atom. The average molecular weight is 442 g/mol. The van der Waals surface area contributed by atoms with Crippen LogP contribution in [0.15, 0.2) is 42.5 Å². The number of nitrogens with zero attached hydrogens (tertiary/aromatic N) is 2. The minimum absolute atomic E-state index is 0.0331. The van der Waals surface area contributed by atoms with E-state index in [1.165, 1.54) is 17.0 Å². The number of unbranched alkanes of at least 4 members (excludes halogenated alkanes) is 1. The van der Waals surface area contributed by atoms with Crippen molar-refractivity contribution in [3.05, 3.63) is 65.0 Å². The van der Waals surface area contributed by atoms with Crippen molar-refractivity contribution in [1.29, 1.82) is 5.41 Å². The molecule has 0 fully saturated rings. The number of amides is 1. The van der Waals surface area contributed by atoms with Crippen LogP contribution in [-0.4, -0.2) is 55.6 Å². The molecule has 1 aliphatic heterocycles. The molecule has 0 saturated heterocycles. The van der Waals surface area contributed by atoms with Crippen molar-refractivity contribution in [2.45, 2.75) is 44.7 Å². The molecule has 2 aromatic carbocycles. The minimum Gasteiger partial charge on any atom is -0.497 e. The normalized spacial score (nSPS) is 17.5. The number of ether oxygens (including phenoxy) is 2. The summed E-state index contributed by atoms with van der Waals surface area (Å²) < 4.78 is 24.6. The molecule has 172 valence electrons. The third kappa shape index (κ3) is 5.21. The van der Waals surface area contributed by atoms with Gasteiger partial charge in [-0.05, 0) is 53.8 Å². The molecule has 7 heteroatoms. The van der Waals surface area contributed by atoms with Gasteiger partial charge in [0.15, 0.2) is 6.61 Å². The van der Waals surface area contributed by atoms with E-state index in [0.717, 1.165) is 41.7 Å². The molecule has 0 saturated carbocycles. The lowest BCUT2D eigenvalue weighted by Crippen LogP contribution is -2.49. The first kappa shape index (κ1) is 23.6. The second-order valence-electron chi connectivity index (χ2n) is 8.31. The quantitative estimate of drug-likeness (QED) is 0.512. The fourth-order valence-corrected chi connectivity index (χ4v) is 4.21. The largest absolute Gasteiger partial charge is 0.497 e. The van der Waals surface area contributed by atoms with Gasteiger partial charge in [-0.1, -0.05) is 38.0 Å². The van der Waals surface area contributed by atoms with Crippen LogP contribution in [0, 0.1) is 11.2 Å². The van der Waals surface area contributed by atoms with Crippen LogP contribution in [0.1, 0.15) is 48.9 Å². The van der Waals surface area contributed by atoms with Crippen LogP contribution in [0.3, 0.4) is 0 Å². The van der Waals surface area contributed by atoms with Gasteiger partial charge in [-0.25, -0.2) is 4.39 Å². The van der Waals surface area contributed by atoms with Crippen molar-refractivity contribution in [2.75, 3.05) is 27.8 Å². The number of amidine groups is 1. The van der Waals surface area contributed by atoms with Crippen molar-refractivity contribution >= 4 is 11.9 Å². The maximum absolute atomic E-state index is 13.7. The van der Waals surface area contributed by atoms with Gasteiger partial charge in [0.25, 0.3) is 11.9 Å². The predicted molar refractivity (Wildman–Crippen MR) is 122 cm³/mol. The number of methoxy groups -OCH3 is 1. The highest BCUT2D eigenvalue weighted by atomic mass is 19.1. The Kier molecular flexibility index (Phi) is 7.72. The molecular weight excluding hydrogens is 409 g/mol. The second kappa shape index (κ2) is 10.5. The highest BCUT2D eigenvalue weighted by Crippen LogP contribution is 2.40. The average Bonchev–Trinajstić information content (AvgIpc) is 2.79. The van der Waals surface area contributed by atoms with Crippen LogP contribution in [0.2, 0.25) is 0 Å². The lowest BCUT2D eigenvalue weighted by Gasteiger charge is -2.44. The lowest BCUT2D eigenvalue weighted by molar-refractivity contribution is -0.139. The summed E-state index contributed by atoms with van der Waals surface area (Å²) in [7, 11) is 5.04. The van der Waals surface area contributed by atoms with Gasteiger partial charge in [0.1, 0.15) is 11.6 Å². The summed E-state index contributed by atoms with van der Waals surface area (Å²) in [5.41, 5.74) is 2.97. The minimum atomic E-state index is -0.364. The SMILES string of the molecule is CCCC[C@H]1Cc2cc(OC)ccc2[C@H](c2ccc(F)cc2)N1C(=O)COC(=N)N(C)C. The van der Waals surface area contributed by atoms with Gasteiger partial charge >= 0.3 is 0 Å². The van der Waals surface area contributed by atoms with Crippen molar-refractivity contribution in [3.8, 4) is 5.75 Å². The highest BCUT2D eigenvalue weighted by molar-refractivity contribution is 5.82. The predicted octanol–water partition coefficient (Wildman–Crippen LogP) is 4.38. The third-order valence-corrected chi connectivity index (χ3v) is 5.88. The molecular formula is C25H32FN3O3. The monoisotopic (exact) mass is 441 g/mol. The molecule has 0 radical (unpaired) electrons. The number of carbonyl (C=O) groups excluding carboxylic acids is 1. The number of benzene rings is 2. The third-order valence-electron chi connectivity index (χ3n) is 5.88. The molecule has 2 atom stereocenters. The van der Waals surface area contributed by atoms with E-state index in [4.69, 9.17) is 14.9 Å². The Labute approximate surface area is 189 Å². The first-order valence-electron chi connectivity index (χ1n) is 11.0. The smallest absolute Gasteiger partial charge is 0.284 e. The van der Waals surface area contributed by atoms with Crippen molar-refractivity contribution in [2.24, 2.45) is 0 Å². The summed E-state index contributed by atoms with van der Waals surface area (Å²) in [6, 6.07) is 11.8. The van der Waals surface area contributed by atoms with Gasteiger partial charge in [0.2, 0.25) is 0 Å². The van der Waals surface area contributed by atoms with Crippen molar-refractivity contribution in [1.82, 2.24) is 9.80 Å². The topological polar surface area (TPSA) is 65.9 Å². The van der Waals surface area contributed by atoms with Gasteiger partial charge in [0, 0.05) is 20.1 Å². The van der Waals surface area contributed by atoms with E-state index in [1.54, 1.807) is 33.3 Å². The molecule has 0 bridgehead atoms. The van der Waals surface area contributed by atoms with E-state index in [1.807, 2.05) is 23.1 Å². The van der Waals surface area contributed by atoms with Crippen LogP contribution in [0.25, 0.3) is 0 Å². The molecule has 0 aliphatic carbocycles. The molecule has 1 heterocycles. The molecule has 3 rings (SSSR count). The Morgan fingerprint density at radius 3 is 2.56 bits per heavy atom. The summed E-state index contributed by atoms with van der Waals surface area (Å²) in [5, 5.41) is 7.89. The van der Waals surface area contributed by atoms with Gasteiger partial charge in [-0.15, -0.1) is 0 Å². The summed E-state index contributed by atoms with van der Waals surface area (Å²) in [6.07, 6.45) is 3.56. The molecule has 1 aliphatic rings. The fourth-order valence-electron chi connectivity index (χ4n) is 4.21. The van der Waals surface area contributed by atoms with Crippen LogP contribution in [-0.2, 0) is 16.0 Å². The van der Waals surface area contributed by atoms with E-state index in [9.17, 15) is 9.18 Å². The number of carbonyl (C=O) groups is 1. The Balaban J connectivity index is 2.05. The summed E-state index contributed by atoms with van der Waals surface area (Å²) >= 11 is 0. The van der Waals surface area contributed by atoms with Crippen LogP contribution in [0.5, 0.6) is 5.75 Å². The number of rotatable bonds is 7. The summed E-state index contributed by atoms with van der Waals surface area (Å²) in [5.74, 6) is 0.273. The van der Waals surface area contributed by atoms with E-state index < -0.39 is 0 Å². The Hall–Kier alpha value is -3.09. The molecule has 0 spiro atoms. The zero-order chi connectivity index (χ0) is 23.3. The maximum Gasteiger partial charge on any atom is 0.284 e. The fraction of sp³-hybridized carbons (Fsp3) is 0.440. The number of fused-ring (bicyclic) bond motifs is 1. The number of nitrogens with one attached hydrogen (secondary N) is 1. The van der Waals surface area contributed by atoms with Crippen molar-refractivity contribution < 1.29 is 18.7 Å². The van der Waals surface area contributed by atoms with E-state index >= 15 is 0 Å². The zero-order valence-corrected chi connectivity index (χ0v) is 19.2. The molecule has 1 N–H and O–H groups in total. The molecule has 0 unspecified atom stereocenters. The van der Waals surface area contributed by atoms with Gasteiger partial charge in [-0.2, -0.15) is 0 Å². The molecule has 2 aromatic rings. The van der Waals surface area contributed by atoms with Gasteiger partial charge in [-0.3, -0.25) is 10.2 Å². The molecule has 0 aromatic heterocycles. The van der Waals surface area contributed by atoms with Crippen LogP contribution < -0.4 is 4.74 Å². The first-order chi connectivity index (χ1) is 15.3. The lowest BCUT2D eigenvalue weighted by atomic mass is 9.83. The Bertz CT molecular complexity index is 946. The molecule has 32 heavy (non-hydrogen) atoms. The number of halogens is 1. The maximum atomic E-state index is 13.7. The number of hydrogen-bond acceptors (Lipinski definition) is 4. The highest BCUT2D eigenvalue weighted by Gasteiger charge is 2.38. The van der Waals surface area contributed by atoms with Gasteiger partial charge in [0.05, 0.1) is 13.2 Å². The zero-order valence-electron chi connectivity index (χ0n) is 19.2. The summed E-state index contributed by atoms with van der Waals surface area (Å²) in [4.78, 5) is 16.9. The van der Waals surface area contributed by atoms with Crippen molar-refractivity contribution in [3.63, 3.8) is 0 Å². The second-order valence-corrected chi connectivity index (χ2v) is 8.31. The summed E-state index contributed by atoms with van der Waals surface area (Å²) in [6.45, 7) is 1.91. The first-order valence-corrected chi connectivity index (χ1v) is 11.0. The molecule has 1 amide bonds. The van der Waals surface area contributed by atoms with Crippen LogP contribution >= 0.6 is 0 Å². The standard InChI is InChI=1S/C25H32FN3O3/c1-5-6-7-20-14-18-15-21(31-4)12-13-22(18)24(17-8-10-19(26)11-9-17)29(20)23(30)16-32-25(27)28(2)3/h8-13,15,20,24,27H,5-7,14,16H2,1-4H3/t20-,24-/m0/s1. The Morgan fingerprint density at radius 1 is 1.22 bits per heavy atom.